The molecule has 124 valence electrons. The van der Waals surface area contributed by atoms with Gasteiger partial charge in [0.25, 0.3) is 0 Å². The largest absolute Gasteiger partial charge is 0.479 e. The predicted octanol–water partition coefficient (Wildman–Crippen LogP) is 2.54. The van der Waals surface area contributed by atoms with Crippen molar-refractivity contribution in [3.8, 4) is 11.4 Å². The van der Waals surface area contributed by atoms with Crippen molar-refractivity contribution >= 4 is 12.1 Å². The number of likely N-dealkylation sites (tertiary alicyclic amines) is 1. The van der Waals surface area contributed by atoms with Gasteiger partial charge in [0.15, 0.2) is 5.60 Å². The maximum atomic E-state index is 11.2. The Labute approximate surface area is 137 Å². The molecule has 0 atom stereocenters. The Morgan fingerprint density at radius 1 is 1.12 bits per heavy atom. The van der Waals surface area contributed by atoms with Crippen molar-refractivity contribution in [2.45, 2.75) is 18.4 Å². The van der Waals surface area contributed by atoms with E-state index in [1.807, 2.05) is 22.9 Å². The molecule has 1 saturated heterocycles. The molecule has 0 bridgehead atoms. The molecule has 1 amide bonds. The highest BCUT2D eigenvalue weighted by Gasteiger charge is 2.44. The van der Waals surface area contributed by atoms with Crippen molar-refractivity contribution in [1.29, 1.82) is 0 Å². The Kier molecular flexibility index (Phi) is 3.06. The lowest BCUT2D eigenvalue weighted by Gasteiger charge is -2.44. The number of nitrogens with zero attached hydrogens (tertiary/aromatic N) is 2. The van der Waals surface area contributed by atoms with Gasteiger partial charge in [0, 0.05) is 32.1 Å². The minimum Gasteiger partial charge on any atom is -0.479 e. The van der Waals surface area contributed by atoms with Gasteiger partial charge >= 0.3 is 12.1 Å². The van der Waals surface area contributed by atoms with E-state index in [1.165, 1.54) is 11.0 Å². The number of ether oxygens (including phenoxy) is 1. The van der Waals surface area contributed by atoms with E-state index < -0.39 is 17.7 Å². The number of amides is 1. The van der Waals surface area contributed by atoms with Crippen LogP contribution < -0.4 is 4.74 Å². The van der Waals surface area contributed by atoms with Gasteiger partial charge in [-0.2, -0.15) is 0 Å². The molecule has 1 fully saturated rings. The summed E-state index contributed by atoms with van der Waals surface area (Å²) in [6.45, 7) is 0.767. The molecule has 4 rings (SSSR count). The van der Waals surface area contributed by atoms with Gasteiger partial charge in [-0.25, -0.2) is 9.59 Å². The van der Waals surface area contributed by atoms with Gasteiger partial charge in [0.1, 0.15) is 5.75 Å². The van der Waals surface area contributed by atoms with Crippen LogP contribution in [0, 0.1) is 0 Å². The first-order chi connectivity index (χ1) is 11.5. The molecule has 1 aromatic carbocycles. The average Bonchev–Trinajstić information content (AvgIpc) is 3.06. The van der Waals surface area contributed by atoms with Crippen LogP contribution >= 0.6 is 0 Å². The van der Waals surface area contributed by atoms with E-state index in [2.05, 4.69) is 0 Å². The number of hydrogen-bond acceptors (Lipinski definition) is 3. The highest BCUT2D eigenvalue weighted by Crippen LogP contribution is 2.45. The third kappa shape index (κ3) is 2.05. The van der Waals surface area contributed by atoms with E-state index in [4.69, 9.17) is 9.84 Å². The van der Waals surface area contributed by atoms with Gasteiger partial charge in [-0.1, -0.05) is 0 Å². The Balaban J connectivity index is 1.76. The summed E-state index contributed by atoms with van der Waals surface area (Å²) in [7, 11) is 0. The van der Waals surface area contributed by atoms with Crippen LogP contribution in [0.5, 0.6) is 5.75 Å². The topological polar surface area (TPSA) is 92.0 Å². The lowest BCUT2D eigenvalue weighted by molar-refractivity contribution is -0.00904. The first-order valence-electron chi connectivity index (χ1n) is 7.73. The summed E-state index contributed by atoms with van der Waals surface area (Å²) < 4.78 is 8.26. The molecule has 2 aliphatic rings. The first kappa shape index (κ1) is 14.6. The summed E-state index contributed by atoms with van der Waals surface area (Å²) in [5.74, 6) is -0.489. The number of carboxylic acid groups (broad SMARTS) is 2. The van der Waals surface area contributed by atoms with Crippen molar-refractivity contribution in [1.82, 2.24) is 9.47 Å². The Morgan fingerprint density at radius 2 is 1.88 bits per heavy atom. The zero-order valence-corrected chi connectivity index (χ0v) is 12.8. The monoisotopic (exact) mass is 328 g/mol. The van der Waals surface area contributed by atoms with E-state index in [0.29, 0.717) is 31.7 Å². The minimum absolute atomic E-state index is 0.169. The van der Waals surface area contributed by atoms with Crippen LogP contribution in [0.2, 0.25) is 0 Å². The molecule has 24 heavy (non-hydrogen) atoms. The van der Waals surface area contributed by atoms with Gasteiger partial charge in [0.05, 0.1) is 16.9 Å². The number of benzene rings is 1. The number of carboxylic acids is 1. The smallest absolute Gasteiger partial charge is 0.407 e. The normalized spacial score (nSPS) is 17.8. The highest BCUT2D eigenvalue weighted by molar-refractivity contribution is 5.88. The molecular formula is C17H16N2O5. The molecule has 1 spiro atoms. The molecule has 3 heterocycles. The fourth-order valence-electron chi connectivity index (χ4n) is 3.57. The summed E-state index contributed by atoms with van der Waals surface area (Å²) in [5.41, 5.74) is 1.32. The molecule has 0 radical (unpaired) electrons. The highest BCUT2D eigenvalue weighted by atomic mass is 16.5. The molecule has 0 aliphatic carbocycles. The molecule has 0 saturated carbocycles. The number of carbonyl (C=O) groups is 2. The molecule has 0 unspecified atom stereocenters. The van der Waals surface area contributed by atoms with Gasteiger partial charge in [-0.05, 0) is 30.3 Å². The molecule has 2 aromatic rings. The Hall–Kier alpha value is -2.96. The van der Waals surface area contributed by atoms with Crippen LogP contribution in [-0.2, 0) is 5.60 Å². The summed E-state index contributed by atoms with van der Waals surface area (Å²) in [5, 5.41) is 18.4. The number of aromatic nitrogens is 1. The number of hydrogen-bond donors (Lipinski definition) is 2. The molecule has 2 N–H and O–H groups in total. The number of rotatable bonds is 1. The quantitative estimate of drug-likeness (QED) is 0.839. The fourth-order valence-corrected chi connectivity index (χ4v) is 3.57. The summed E-state index contributed by atoms with van der Waals surface area (Å²) in [4.78, 5) is 23.8. The molecule has 7 heteroatoms. The van der Waals surface area contributed by atoms with Gasteiger partial charge in [0.2, 0.25) is 0 Å². The molecule has 2 aliphatic heterocycles. The van der Waals surface area contributed by atoms with E-state index in [1.54, 1.807) is 12.1 Å². The first-order valence-corrected chi connectivity index (χ1v) is 7.73. The summed E-state index contributed by atoms with van der Waals surface area (Å²) >= 11 is 0. The van der Waals surface area contributed by atoms with Crippen LogP contribution in [0.15, 0.2) is 36.5 Å². The van der Waals surface area contributed by atoms with Crippen molar-refractivity contribution in [2.75, 3.05) is 13.1 Å². The number of fused-ring (bicyclic) bond motifs is 4. The predicted molar refractivity (Wildman–Crippen MR) is 83.9 cm³/mol. The van der Waals surface area contributed by atoms with E-state index in [0.717, 1.165) is 11.4 Å². The summed E-state index contributed by atoms with van der Waals surface area (Å²) in [6, 6.07) is 8.72. The maximum Gasteiger partial charge on any atom is 0.407 e. The SMILES string of the molecule is O=C(O)c1ccc2c(c1)OC1(CCN(C(=O)O)CC1)c1cccn1-2. The van der Waals surface area contributed by atoms with Gasteiger partial charge in [-0.15, -0.1) is 0 Å². The van der Waals surface area contributed by atoms with Crippen molar-refractivity contribution in [2.24, 2.45) is 0 Å². The van der Waals surface area contributed by atoms with Crippen LogP contribution in [0.25, 0.3) is 5.69 Å². The molecular weight excluding hydrogens is 312 g/mol. The van der Waals surface area contributed by atoms with E-state index in [9.17, 15) is 14.7 Å². The fraction of sp³-hybridized carbons (Fsp3) is 0.294. The van der Waals surface area contributed by atoms with Crippen molar-refractivity contribution < 1.29 is 24.5 Å². The second-order valence-electron chi connectivity index (χ2n) is 6.12. The summed E-state index contributed by atoms with van der Waals surface area (Å²) in [6.07, 6.45) is 2.05. The standard InChI is InChI=1S/C17H16N2O5/c20-15(21)11-3-4-12-13(10-11)24-17(14-2-1-7-19(12)14)5-8-18(9-6-17)16(22)23/h1-4,7,10H,5-6,8-9H2,(H,20,21)(H,22,23). The van der Waals surface area contributed by atoms with Crippen LogP contribution in [0.4, 0.5) is 4.79 Å². The van der Waals surface area contributed by atoms with Gasteiger partial charge < -0.3 is 24.4 Å². The number of aromatic carboxylic acids is 1. The Bertz CT molecular complexity index is 833. The zero-order chi connectivity index (χ0) is 16.9. The lowest BCUT2D eigenvalue weighted by atomic mass is 9.86. The van der Waals surface area contributed by atoms with Gasteiger partial charge in [-0.3, -0.25) is 0 Å². The second kappa shape index (κ2) is 5.02. The van der Waals surface area contributed by atoms with Crippen molar-refractivity contribution in [3.05, 3.63) is 47.8 Å². The minimum atomic E-state index is -1.01. The van der Waals surface area contributed by atoms with Crippen molar-refractivity contribution in [3.63, 3.8) is 0 Å². The van der Waals surface area contributed by atoms with Crippen LogP contribution in [0.3, 0.4) is 0 Å². The number of piperidine rings is 1. The van der Waals surface area contributed by atoms with Crippen LogP contribution in [-0.4, -0.2) is 44.8 Å². The zero-order valence-electron chi connectivity index (χ0n) is 12.8. The third-order valence-corrected chi connectivity index (χ3v) is 4.83. The second-order valence-corrected chi connectivity index (χ2v) is 6.12. The van der Waals surface area contributed by atoms with Crippen LogP contribution in [0.1, 0.15) is 28.9 Å². The average molecular weight is 328 g/mol. The third-order valence-electron chi connectivity index (χ3n) is 4.83. The maximum absolute atomic E-state index is 11.2. The molecule has 7 nitrogen and oxygen atoms in total. The Morgan fingerprint density at radius 3 is 2.54 bits per heavy atom. The van der Waals surface area contributed by atoms with E-state index in [-0.39, 0.29) is 5.56 Å². The lowest BCUT2D eigenvalue weighted by Crippen LogP contribution is -2.49. The van der Waals surface area contributed by atoms with E-state index >= 15 is 0 Å². The molecule has 1 aromatic heterocycles.